The number of hydrogen-bond donors (Lipinski definition) is 2. The van der Waals surface area contributed by atoms with Gasteiger partial charge in [-0.1, -0.05) is 13.3 Å². The van der Waals surface area contributed by atoms with Crippen LogP contribution in [0.3, 0.4) is 0 Å². The van der Waals surface area contributed by atoms with Gasteiger partial charge >= 0.3 is 0 Å². The highest BCUT2D eigenvalue weighted by Gasteiger charge is 2.26. The zero-order valence-corrected chi connectivity index (χ0v) is 14.4. The summed E-state index contributed by atoms with van der Waals surface area (Å²) in [6.07, 6.45) is 3.23. The van der Waals surface area contributed by atoms with E-state index >= 15 is 0 Å². The number of rotatable bonds is 5. The monoisotopic (exact) mass is 345 g/mol. The van der Waals surface area contributed by atoms with Crippen LogP contribution in [-0.2, 0) is 4.79 Å². The third kappa shape index (κ3) is 4.97. The number of carbonyl (C=O) groups excluding carboxylic acids is 2. The van der Waals surface area contributed by atoms with E-state index in [9.17, 15) is 9.59 Å². The quantitative estimate of drug-likeness (QED) is 0.857. The summed E-state index contributed by atoms with van der Waals surface area (Å²) in [6.45, 7) is 3.37. The summed E-state index contributed by atoms with van der Waals surface area (Å²) in [6, 6.07) is 1.58. The minimum absolute atomic E-state index is 0. The molecule has 1 aromatic rings. The summed E-state index contributed by atoms with van der Waals surface area (Å²) in [5.74, 6) is 0.0168. The van der Waals surface area contributed by atoms with Gasteiger partial charge in [-0.3, -0.25) is 9.59 Å². The van der Waals surface area contributed by atoms with Gasteiger partial charge in [0.2, 0.25) is 5.91 Å². The van der Waals surface area contributed by atoms with E-state index in [1.807, 2.05) is 28.7 Å². The van der Waals surface area contributed by atoms with Crippen molar-refractivity contribution in [3.8, 4) is 0 Å². The topological polar surface area (TPSA) is 75.4 Å². The average molecular weight is 346 g/mol. The SMILES string of the molecule is CCCC(N)C(=O)N1CCC(NC(=O)c2ccsc2)CC1.Cl. The summed E-state index contributed by atoms with van der Waals surface area (Å²) >= 11 is 1.51. The van der Waals surface area contributed by atoms with E-state index in [0.717, 1.165) is 25.7 Å². The van der Waals surface area contributed by atoms with E-state index in [1.165, 1.54) is 11.3 Å². The maximum absolute atomic E-state index is 12.1. The second kappa shape index (κ2) is 9.12. The van der Waals surface area contributed by atoms with Crippen molar-refractivity contribution in [3.05, 3.63) is 22.4 Å². The lowest BCUT2D eigenvalue weighted by Gasteiger charge is -2.33. The molecule has 2 rings (SSSR count). The smallest absolute Gasteiger partial charge is 0.252 e. The Balaban J connectivity index is 0.00000242. The maximum atomic E-state index is 12.1. The number of piperidine rings is 1. The van der Waals surface area contributed by atoms with E-state index in [1.54, 1.807) is 0 Å². The van der Waals surface area contributed by atoms with Crippen molar-refractivity contribution in [2.24, 2.45) is 5.73 Å². The molecule has 1 atom stereocenters. The van der Waals surface area contributed by atoms with Gasteiger partial charge in [0.1, 0.15) is 0 Å². The Morgan fingerprint density at radius 2 is 2.14 bits per heavy atom. The second-order valence-corrected chi connectivity index (χ2v) is 6.26. The van der Waals surface area contributed by atoms with E-state index in [4.69, 9.17) is 5.73 Å². The van der Waals surface area contributed by atoms with Gasteiger partial charge in [-0.05, 0) is 30.7 Å². The molecule has 124 valence electrons. The summed E-state index contributed by atoms with van der Waals surface area (Å²) < 4.78 is 0. The highest BCUT2D eigenvalue weighted by atomic mass is 35.5. The van der Waals surface area contributed by atoms with Crippen molar-refractivity contribution in [3.63, 3.8) is 0 Å². The number of hydrogen-bond acceptors (Lipinski definition) is 4. The number of likely N-dealkylation sites (tertiary alicyclic amines) is 1. The number of halogens is 1. The highest BCUT2D eigenvalue weighted by Crippen LogP contribution is 2.14. The van der Waals surface area contributed by atoms with Gasteiger partial charge in [0.05, 0.1) is 6.04 Å². The average Bonchev–Trinajstić information content (AvgIpc) is 3.02. The Hall–Kier alpha value is -1.11. The van der Waals surface area contributed by atoms with Gasteiger partial charge in [-0.2, -0.15) is 11.3 Å². The van der Waals surface area contributed by atoms with Crippen molar-refractivity contribution >= 4 is 35.6 Å². The largest absolute Gasteiger partial charge is 0.349 e. The lowest BCUT2D eigenvalue weighted by Crippen LogP contribution is -2.50. The molecule has 1 aliphatic rings. The zero-order chi connectivity index (χ0) is 15.2. The Bertz CT molecular complexity index is 473. The molecule has 1 unspecified atom stereocenters. The van der Waals surface area contributed by atoms with Gasteiger partial charge in [0.15, 0.2) is 0 Å². The Labute approximate surface area is 141 Å². The van der Waals surface area contributed by atoms with Crippen LogP contribution in [0.15, 0.2) is 16.8 Å². The minimum Gasteiger partial charge on any atom is -0.349 e. The molecule has 0 aliphatic carbocycles. The molecule has 0 saturated carbocycles. The summed E-state index contributed by atoms with van der Waals surface area (Å²) in [5.41, 5.74) is 6.59. The molecule has 1 aliphatic heterocycles. The fourth-order valence-corrected chi connectivity index (χ4v) is 3.21. The number of carbonyl (C=O) groups is 2. The lowest BCUT2D eigenvalue weighted by molar-refractivity contribution is -0.133. The maximum Gasteiger partial charge on any atom is 0.252 e. The highest BCUT2D eigenvalue weighted by molar-refractivity contribution is 7.08. The molecule has 2 heterocycles. The standard InChI is InChI=1S/C15H23N3O2S.ClH/c1-2-3-13(16)15(20)18-7-4-12(5-8-18)17-14(19)11-6-9-21-10-11;/h6,9-10,12-13H,2-5,7-8,16H2,1H3,(H,17,19);1H. The number of nitrogens with two attached hydrogens (primary N) is 1. The molecule has 22 heavy (non-hydrogen) atoms. The Morgan fingerprint density at radius 1 is 1.45 bits per heavy atom. The normalized spacial score (nSPS) is 16.7. The van der Waals surface area contributed by atoms with Gasteiger partial charge in [0, 0.05) is 30.1 Å². The molecular weight excluding hydrogens is 322 g/mol. The molecule has 3 N–H and O–H groups in total. The van der Waals surface area contributed by atoms with E-state index in [0.29, 0.717) is 18.7 Å². The molecule has 0 radical (unpaired) electrons. The summed E-state index contributed by atoms with van der Waals surface area (Å²) in [7, 11) is 0. The molecule has 2 amide bonds. The first-order chi connectivity index (χ1) is 10.1. The number of nitrogens with one attached hydrogen (secondary N) is 1. The molecule has 0 spiro atoms. The summed E-state index contributed by atoms with van der Waals surface area (Å²) in [5, 5.41) is 6.77. The minimum atomic E-state index is -0.382. The van der Waals surface area contributed by atoms with Gasteiger partial charge in [0.25, 0.3) is 5.91 Å². The van der Waals surface area contributed by atoms with Crippen molar-refractivity contribution in [1.82, 2.24) is 10.2 Å². The van der Waals surface area contributed by atoms with Crippen molar-refractivity contribution in [2.75, 3.05) is 13.1 Å². The van der Waals surface area contributed by atoms with E-state index in [2.05, 4.69) is 5.32 Å². The van der Waals surface area contributed by atoms with Gasteiger partial charge in [-0.25, -0.2) is 0 Å². The zero-order valence-electron chi connectivity index (χ0n) is 12.8. The molecule has 0 bridgehead atoms. The van der Waals surface area contributed by atoms with E-state index in [-0.39, 0.29) is 36.3 Å². The number of nitrogens with zero attached hydrogens (tertiary/aromatic N) is 1. The molecule has 1 saturated heterocycles. The second-order valence-electron chi connectivity index (χ2n) is 5.48. The van der Waals surface area contributed by atoms with Crippen LogP contribution in [0.2, 0.25) is 0 Å². The van der Waals surface area contributed by atoms with Crippen LogP contribution in [0.25, 0.3) is 0 Å². The van der Waals surface area contributed by atoms with Crippen LogP contribution < -0.4 is 11.1 Å². The van der Waals surface area contributed by atoms with Crippen LogP contribution in [0.4, 0.5) is 0 Å². The first kappa shape index (κ1) is 18.9. The number of thiophene rings is 1. The van der Waals surface area contributed by atoms with Gasteiger partial charge < -0.3 is 16.0 Å². The first-order valence-electron chi connectivity index (χ1n) is 7.49. The molecular formula is C15H24ClN3O2S. The van der Waals surface area contributed by atoms with Gasteiger partial charge in [-0.15, -0.1) is 12.4 Å². The van der Waals surface area contributed by atoms with Crippen molar-refractivity contribution in [1.29, 1.82) is 0 Å². The third-order valence-electron chi connectivity index (χ3n) is 3.84. The molecule has 1 aromatic heterocycles. The molecule has 7 heteroatoms. The molecule has 1 fully saturated rings. The lowest BCUT2D eigenvalue weighted by atomic mass is 10.0. The van der Waals surface area contributed by atoms with Crippen LogP contribution >= 0.6 is 23.7 Å². The van der Waals surface area contributed by atoms with Crippen LogP contribution in [0.5, 0.6) is 0 Å². The van der Waals surface area contributed by atoms with Crippen molar-refractivity contribution < 1.29 is 9.59 Å². The van der Waals surface area contributed by atoms with Crippen LogP contribution in [-0.4, -0.2) is 41.9 Å². The Morgan fingerprint density at radius 3 is 2.68 bits per heavy atom. The molecule has 5 nitrogen and oxygen atoms in total. The predicted molar refractivity (Wildman–Crippen MR) is 91.5 cm³/mol. The molecule has 0 aromatic carbocycles. The fraction of sp³-hybridized carbons (Fsp3) is 0.600. The third-order valence-corrected chi connectivity index (χ3v) is 4.53. The fourth-order valence-electron chi connectivity index (χ4n) is 2.58. The van der Waals surface area contributed by atoms with Crippen LogP contribution in [0.1, 0.15) is 43.0 Å². The van der Waals surface area contributed by atoms with Crippen LogP contribution in [0, 0.1) is 0 Å². The summed E-state index contributed by atoms with van der Waals surface area (Å²) in [4.78, 5) is 25.9. The van der Waals surface area contributed by atoms with E-state index < -0.39 is 0 Å². The number of amides is 2. The first-order valence-corrected chi connectivity index (χ1v) is 8.43. The Kier molecular flexibility index (Phi) is 7.85. The van der Waals surface area contributed by atoms with Crippen molar-refractivity contribution in [2.45, 2.75) is 44.7 Å². The predicted octanol–water partition coefficient (Wildman–Crippen LogP) is 2.02.